The van der Waals surface area contributed by atoms with Gasteiger partial charge in [-0.1, -0.05) is 23.8 Å². The minimum atomic E-state index is -4.47. The van der Waals surface area contributed by atoms with Crippen molar-refractivity contribution in [2.75, 3.05) is 7.11 Å². The predicted octanol–water partition coefficient (Wildman–Crippen LogP) is 5.09. The van der Waals surface area contributed by atoms with Crippen LogP contribution in [0.15, 0.2) is 30.3 Å². The van der Waals surface area contributed by atoms with Crippen LogP contribution < -0.4 is 4.74 Å². The van der Waals surface area contributed by atoms with Gasteiger partial charge in [-0.05, 0) is 30.3 Å². The van der Waals surface area contributed by atoms with Crippen molar-refractivity contribution in [3.05, 3.63) is 45.6 Å². The van der Waals surface area contributed by atoms with E-state index < -0.39 is 11.7 Å². The molecule has 1 N–H and O–H groups in total. The maximum atomic E-state index is 12.8. The number of H-pyrrole nitrogens is 1. The third kappa shape index (κ3) is 3.13. The standard InChI is InChI=1S/C13H9ClF3NOS/c1-19-11-3-2-8(14)6-9(11)10-4-7(13(15,16)17)5-12(20)18-10/h2-6H,1H3,(H,18,20). The molecule has 0 amide bonds. The molecule has 0 aliphatic carbocycles. The number of hydrogen-bond acceptors (Lipinski definition) is 2. The van der Waals surface area contributed by atoms with Crippen LogP contribution in [0.1, 0.15) is 5.56 Å². The quantitative estimate of drug-likeness (QED) is 0.780. The Morgan fingerprint density at radius 3 is 2.50 bits per heavy atom. The van der Waals surface area contributed by atoms with E-state index in [1.54, 1.807) is 12.1 Å². The summed E-state index contributed by atoms with van der Waals surface area (Å²) in [6.45, 7) is 0. The molecular weight excluding hydrogens is 311 g/mol. The molecule has 0 radical (unpaired) electrons. The van der Waals surface area contributed by atoms with Crippen molar-refractivity contribution in [3.63, 3.8) is 0 Å². The van der Waals surface area contributed by atoms with Crippen LogP contribution in [-0.4, -0.2) is 12.1 Å². The van der Waals surface area contributed by atoms with Gasteiger partial charge in [0.1, 0.15) is 10.4 Å². The zero-order valence-electron chi connectivity index (χ0n) is 10.2. The molecule has 7 heteroatoms. The molecule has 2 rings (SSSR count). The van der Waals surface area contributed by atoms with E-state index in [1.807, 2.05) is 0 Å². The van der Waals surface area contributed by atoms with Crippen molar-refractivity contribution < 1.29 is 17.9 Å². The van der Waals surface area contributed by atoms with Crippen LogP contribution in [-0.2, 0) is 6.18 Å². The first-order valence-corrected chi connectivity index (χ1v) is 6.25. The van der Waals surface area contributed by atoms with Gasteiger partial charge in [0.2, 0.25) is 0 Å². The lowest BCUT2D eigenvalue weighted by Gasteiger charge is -2.12. The maximum Gasteiger partial charge on any atom is 0.416 e. The molecule has 0 spiro atoms. The van der Waals surface area contributed by atoms with Crippen molar-refractivity contribution in [1.29, 1.82) is 0 Å². The summed E-state index contributed by atoms with van der Waals surface area (Å²) in [4.78, 5) is 2.71. The summed E-state index contributed by atoms with van der Waals surface area (Å²) in [7, 11) is 1.43. The molecule has 0 bridgehead atoms. The van der Waals surface area contributed by atoms with E-state index >= 15 is 0 Å². The van der Waals surface area contributed by atoms with Crippen LogP contribution in [0.3, 0.4) is 0 Å². The Hall–Kier alpha value is -1.53. The number of halogens is 4. The second kappa shape index (κ2) is 5.46. The number of nitrogens with one attached hydrogen (secondary N) is 1. The van der Waals surface area contributed by atoms with Gasteiger partial charge in [0, 0.05) is 10.6 Å². The third-order valence-electron chi connectivity index (χ3n) is 2.62. The van der Waals surface area contributed by atoms with E-state index in [0.717, 1.165) is 12.1 Å². The van der Waals surface area contributed by atoms with Gasteiger partial charge in [-0.2, -0.15) is 13.2 Å². The first-order chi connectivity index (χ1) is 9.31. The average molecular weight is 320 g/mol. The van der Waals surface area contributed by atoms with Gasteiger partial charge in [0.05, 0.1) is 18.4 Å². The van der Waals surface area contributed by atoms with Crippen molar-refractivity contribution in [3.8, 4) is 17.0 Å². The lowest BCUT2D eigenvalue weighted by Crippen LogP contribution is -2.06. The molecule has 2 aromatic rings. The summed E-state index contributed by atoms with van der Waals surface area (Å²) < 4.78 is 43.5. The first kappa shape index (κ1) is 14.9. The van der Waals surface area contributed by atoms with Gasteiger partial charge >= 0.3 is 6.18 Å². The Morgan fingerprint density at radius 1 is 1.20 bits per heavy atom. The topological polar surface area (TPSA) is 25.0 Å². The van der Waals surface area contributed by atoms with E-state index in [-0.39, 0.29) is 10.3 Å². The van der Waals surface area contributed by atoms with Crippen molar-refractivity contribution in [2.45, 2.75) is 6.18 Å². The third-order valence-corrected chi connectivity index (χ3v) is 3.08. The summed E-state index contributed by atoms with van der Waals surface area (Å²) in [5, 5.41) is 0.387. The van der Waals surface area contributed by atoms with Crippen LogP contribution in [0.2, 0.25) is 5.02 Å². The van der Waals surface area contributed by atoms with Crippen LogP contribution in [0.5, 0.6) is 5.75 Å². The van der Waals surface area contributed by atoms with E-state index in [1.165, 1.54) is 13.2 Å². The average Bonchev–Trinajstić information content (AvgIpc) is 2.37. The molecule has 0 aliphatic rings. The van der Waals surface area contributed by atoms with E-state index in [0.29, 0.717) is 16.3 Å². The minimum Gasteiger partial charge on any atom is -0.496 e. The van der Waals surface area contributed by atoms with E-state index in [9.17, 15) is 13.2 Å². The Morgan fingerprint density at radius 2 is 1.90 bits per heavy atom. The van der Waals surface area contributed by atoms with Gasteiger partial charge in [0.25, 0.3) is 0 Å². The van der Waals surface area contributed by atoms with Gasteiger partial charge in [-0.15, -0.1) is 0 Å². The number of pyridine rings is 1. The first-order valence-electron chi connectivity index (χ1n) is 5.47. The zero-order chi connectivity index (χ0) is 14.9. The summed E-state index contributed by atoms with van der Waals surface area (Å²) >= 11 is 10.7. The molecule has 0 unspecified atom stereocenters. The van der Waals surface area contributed by atoms with E-state index in [4.69, 9.17) is 28.6 Å². The summed E-state index contributed by atoms with van der Waals surface area (Å²) in [5.74, 6) is 0.402. The number of aromatic nitrogens is 1. The predicted molar refractivity (Wildman–Crippen MR) is 73.6 cm³/mol. The molecule has 0 saturated carbocycles. The van der Waals surface area contributed by atoms with Crippen LogP contribution >= 0.6 is 23.8 Å². The second-order valence-electron chi connectivity index (χ2n) is 3.99. The number of ether oxygens (including phenoxy) is 1. The molecule has 20 heavy (non-hydrogen) atoms. The highest BCUT2D eigenvalue weighted by atomic mass is 35.5. The normalized spacial score (nSPS) is 11.4. The zero-order valence-corrected chi connectivity index (χ0v) is 11.8. The Kier molecular flexibility index (Phi) is 4.06. The fraction of sp³-hybridized carbons (Fsp3) is 0.154. The Balaban J connectivity index is 2.67. The maximum absolute atomic E-state index is 12.8. The monoisotopic (exact) mass is 319 g/mol. The number of rotatable bonds is 2. The Bertz CT molecular complexity index is 697. The molecule has 0 atom stereocenters. The minimum absolute atomic E-state index is 0.0168. The highest BCUT2D eigenvalue weighted by Crippen LogP contribution is 2.35. The number of hydrogen-bond donors (Lipinski definition) is 1. The second-order valence-corrected chi connectivity index (χ2v) is 4.87. The fourth-order valence-electron chi connectivity index (χ4n) is 1.74. The smallest absolute Gasteiger partial charge is 0.416 e. The van der Waals surface area contributed by atoms with E-state index in [2.05, 4.69) is 4.98 Å². The Labute approximate surface area is 123 Å². The molecule has 0 aliphatic heterocycles. The van der Waals surface area contributed by atoms with Gasteiger partial charge in [-0.3, -0.25) is 0 Å². The lowest BCUT2D eigenvalue weighted by atomic mass is 10.1. The van der Waals surface area contributed by atoms with Crippen molar-refractivity contribution in [2.24, 2.45) is 0 Å². The van der Waals surface area contributed by atoms with Crippen LogP contribution in [0, 0.1) is 4.64 Å². The summed E-state index contributed by atoms with van der Waals surface area (Å²) in [6, 6.07) is 6.53. The molecule has 2 nitrogen and oxygen atoms in total. The SMILES string of the molecule is COc1ccc(Cl)cc1-c1cc(C(F)(F)F)cc(=S)[nH]1. The molecule has 1 heterocycles. The summed E-state index contributed by atoms with van der Waals surface area (Å²) in [5.41, 5.74) is -0.209. The van der Waals surface area contributed by atoms with Gasteiger partial charge in [0.15, 0.2) is 0 Å². The number of methoxy groups -OCH3 is 1. The highest BCUT2D eigenvalue weighted by Gasteiger charge is 2.31. The number of aromatic amines is 1. The lowest BCUT2D eigenvalue weighted by molar-refractivity contribution is -0.137. The summed E-state index contributed by atoms with van der Waals surface area (Å²) in [6.07, 6.45) is -4.47. The molecule has 1 aromatic carbocycles. The van der Waals surface area contributed by atoms with Crippen molar-refractivity contribution in [1.82, 2.24) is 4.98 Å². The van der Waals surface area contributed by atoms with Crippen LogP contribution in [0.4, 0.5) is 13.2 Å². The molecular formula is C13H9ClF3NOS. The molecule has 0 saturated heterocycles. The molecule has 106 valence electrons. The number of benzene rings is 1. The molecule has 1 aromatic heterocycles. The van der Waals surface area contributed by atoms with Gasteiger partial charge < -0.3 is 9.72 Å². The molecule has 0 fully saturated rings. The van der Waals surface area contributed by atoms with Gasteiger partial charge in [-0.25, -0.2) is 0 Å². The van der Waals surface area contributed by atoms with Crippen molar-refractivity contribution >= 4 is 23.8 Å². The highest BCUT2D eigenvalue weighted by molar-refractivity contribution is 7.71. The fourth-order valence-corrected chi connectivity index (χ4v) is 2.15. The largest absolute Gasteiger partial charge is 0.496 e. The van der Waals surface area contributed by atoms with Crippen LogP contribution in [0.25, 0.3) is 11.3 Å². The number of alkyl halides is 3.